The molecular weight excluding hydrogens is 332 g/mol. The lowest BCUT2D eigenvalue weighted by atomic mass is 9.79. The number of para-hydroxylation sites is 1. The van der Waals surface area contributed by atoms with Gasteiger partial charge in [-0.1, -0.05) is 68.4 Å². The zero-order chi connectivity index (χ0) is 18.9. The summed E-state index contributed by atoms with van der Waals surface area (Å²) in [6.07, 6.45) is 1.97. The average Bonchev–Trinajstić information content (AvgIpc) is 2.66. The molecule has 0 bridgehead atoms. The van der Waals surface area contributed by atoms with E-state index in [-0.39, 0.29) is 5.78 Å². The number of carbonyl (C=O) groups is 1. The molecule has 0 aliphatic carbocycles. The molecule has 2 heterocycles. The van der Waals surface area contributed by atoms with Gasteiger partial charge in [-0.05, 0) is 23.8 Å². The monoisotopic (exact) mass is 356 g/mol. The molecule has 0 radical (unpaired) electrons. The van der Waals surface area contributed by atoms with Crippen LogP contribution in [0.25, 0.3) is 17.0 Å². The van der Waals surface area contributed by atoms with E-state index in [1.54, 1.807) is 0 Å². The van der Waals surface area contributed by atoms with Crippen LogP contribution < -0.4 is 0 Å². The van der Waals surface area contributed by atoms with Gasteiger partial charge in [-0.2, -0.15) is 0 Å². The van der Waals surface area contributed by atoms with E-state index in [0.717, 1.165) is 35.3 Å². The van der Waals surface area contributed by atoms with Gasteiger partial charge in [-0.3, -0.25) is 9.69 Å². The van der Waals surface area contributed by atoms with Gasteiger partial charge in [0.2, 0.25) is 0 Å². The molecule has 2 aromatic carbocycles. The van der Waals surface area contributed by atoms with Crippen molar-refractivity contribution >= 4 is 22.8 Å². The van der Waals surface area contributed by atoms with Crippen molar-refractivity contribution in [1.82, 2.24) is 9.88 Å². The average molecular weight is 356 g/mol. The number of hydrogen-bond donors (Lipinski definition) is 0. The third-order valence-corrected chi connectivity index (χ3v) is 5.11. The zero-order valence-corrected chi connectivity index (χ0v) is 15.9. The van der Waals surface area contributed by atoms with Crippen molar-refractivity contribution in [1.29, 1.82) is 0 Å². The largest absolute Gasteiger partial charge is 0.294 e. The van der Waals surface area contributed by atoms with Crippen LogP contribution >= 0.6 is 0 Å². The van der Waals surface area contributed by atoms with Gasteiger partial charge in [0.25, 0.3) is 0 Å². The number of nitrogens with zero attached hydrogens (tertiary/aromatic N) is 2. The number of benzene rings is 2. The number of Topliss-reactive ketones (excluding diaryl/α,β-unsaturated/α-hetero) is 1. The fourth-order valence-electron chi connectivity index (χ4n) is 3.84. The third-order valence-electron chi connectivity index (χ3n) is 5.11. The molecule has 0 saturated carbocycles. The van der Waals surface area contributed by atoms with Gasteiger partial charge in [0.15, 0.2) is 5.78 Å². The highest BCUT2D eigenvalue weighted by atomic mass is 16.1. The molecule has 3 nitrogen and oxygen atoms in total. The van der Waals surface area contributed by atoms with Gasteiger partial charge in [0, 0.05) is 36.0 Å². The van der Waals surface area contributed by atoms with Crippen LogP contribution in [-0.2, 0) is 11.3 Å². The lowest BCUT2D eigenvalue weighted by Crippen LogP contribution is -2.47. The SMILES string of the molecule is CC1(C)CN(Cc2ccccc2)C/C(=C\c2ccc3ccccc3n2)C1=O. The fourth-order valence-corrected chi connectivity index (χ4v) is 3.84. The molecule has 1 aliphatic rings. The quantitative estimate of drug-likeness (QED) is 0.636. The van der Waals surface area contributed by atoms with Crippen LogP contribution in [0.5, 0.6) is 0 Å². The van der Waals surface area contributed by atoms with E-state index in [0.29, 0.717) is 6.54 Å². The van der Waals surface area contributed by atoms with Crippen LogP contribution in [0.4, 0.5) is 0 Å². The van der Waals surface area contributed by atoms with Crippen molar-refractivity contribution in [3.63, 3.8) is 0 Å². The van der Waals surface area contributed by atoms with Gasteiger partial charge in [0.1, 0.15) is 0 Å². The van der Waals surface area contributed by atoms with Crippen LogP contribution in [0.1, 0.15) is 25.1 Å². The van der Waals surface area contributed by atoms with Gasteiger partial charge in [-0.25, -0.2) is 4.98 Å². The Morgan fingerprint density at radius 3 is 2.56 bits per heavy atom. The van der Waals surface area contributed by atoms with Crippen LogP contribution in [0, 0.1) is 5.41 Å². The first-order valence-electron chi connectivity index (χ1n) is 9.39. The van der Waals surface area contributed by atoms with Crippen molar-refractivity contribution in [2.24, 2.45) is 5.41 Å². The molecule has 4 rings (SSSR count). The van der Waals surface area contributed by atoms with Crippen LogP contribution in [0.3, 0.4) is 0 Å². The first-order valence-corrected chi connectivity index (χ1v) is 9.39. The van der Waals surface area contributed by atoms with Gasteiger partial charge >= 0.3 is 0 Å². The molecule has 1 saturated heterocycles. The summed E-state index contributed by atoms with van der Waals surface area (Å²) in [5.74, 6) is 0.224. The third kappa shape index (κ3) is 3.83. The highest BCUT2D eigenvalue weighted by molar-refractivity contribution is 6.04. The molecule has 1 aliphatic heterocycles. The first kappa shape index (κ1) is 17.6. The summed E-state index contributed by atoms with van der Waals surface area (Å²) >= 11 is 0. The standard InChI is InChI=1S/C24H24N2O/c1-24(2)17-26(15-18-8-4-3-5-9-18)16-20(23(24)27)14-21-13-12-19-10-6-7-11-22(19)25-21/h3-14H,15-17H2,1-2H3/b20-14+. The van der Waals surface area contributed by atoms with E-state index in [9.17, 15) is 4.79 Å². The van der Waals surface area contributed by atoms with E-state index >= 15 is 0 Å². The molecule has 0 atom stereocenters. The topological polar surface area (TPSA) is 33.2 Å². The second-order valence-electron chi connectivity index (χ2n) is 7.94. The summed E-state index contributed by atoms with van der Waals surface area (Å²) in [5.41, 5.74) is 3.51. The maximum absolute atomic E-state index is 13.0. The Morgan fingerprint density at radius 1 is 1.00 bits per heavy atom. The highest BCUT2D eigenvalue weighted by Crippen LogP contribution is 2.30. The minimum absolute atomic E-state index is 0.224. The minimum Gasteiger partial charge on any atom is -0.294 e. The molecule has 0 amide bonds. The summed E-state index contributed by atoms with van der Waals surface area (Å²) < 4.78 is 0. The van der Waals surface area contributed by atoms with E-state index in [4.69, 9.17) is 4.98 Å². The van der Waals surface area contributed by atoms with Crippen molar-refractivity contribution in [3.8, 4) is 0 Å². The molecule has 136 valence electrons. The van der Waals surface area contributed by atoms with Gasteiger partial charge in [-0.15, -0.1) is 0 Å². The van der Waals surface area contributed by atoms with Crippen LogP contribution in [0.2, 0.25) is 0 Å². The Bertz CT molecular complexity index is 1010. The van der Waals surface area contributed by atoms with Crippen LogP contribution in [0.15, 0.2) is 72.3 Å². The second kappa shape index (κ2) is 7.09. The molecule has 0 N–H and O–H groups in total. The van der Waals surface area contributed by atoms with Crippen molar-refractivity contribution in [2.45, 2.75) is 20.4 Å². The number of piperidine rings is 1. The maximum atomic E-state index is 13.0. The first-order chi connectivity index (χ1) is 13.0. The highest BCUT2D eigenvalue weighted by Gasteiger charge is 2.37. The summed E-state index contributed by atoms with van der Waals surface area (Å²) in [5, 5.41) is 1.11. The summed E-state index contributed by atoms with van der Waals surface area (Å²) in [6, 6.07) is 22.5. The Hall–Kier alpha value is -2.78. The maximum Gasteiger partial charge on any atom is 0.167 e. The van der Waals surface area contributed by atoms with E-state index in [2.05, 4.69) is 41.3 Å². The molecule has 3 heteroatoms. The number of pyridine rings is 1. The number of fused-ring (bicyclic) bond motifs is 1. The smallest absolute Gasteiger partial charge is 0.167 e. The van der Waals surface area contributed by atoms with E-state index in [1.165, 1.54) is 5.56 Å². The van der Waals surface area contributed by atoms with Gasteiger partial charge < -0.3 is 0 Å². The lowest BCUT2D eigenvalue weighted by Gasteiger charge is -2.38. The van der Waals surface area contributed by atoms with Crippen molar-refractivity contribution in [2.75, 3.05) is 13.1 Å². The number of carbonyl (C=O) groups excluding carboxylic acids is 1. The van der Waals surface area contributed by atoms with Crippen molar-refractivity contribution in [3.05, 3.63) is 83.6 Å². The molecule has 0 spiro atoms. The fraction of sp³-hybridized carbons (Fsp3) is 0.250. The Kier molecular flexibility index (Phi) is 4.63. The van der Waals surface area contributed by atoms with Crippen LogP contribution in [-0.4, -0.2) is 28.8 Å². The van der Waals surface area contributed by atoms with E-state index in [1.807, 2.05) is 50.3 Å². The Balaban J connectivity index is 1.64. The number of rotatable bonds is 3. The number of hydrogen-bond acceptors (Lipinski definition) is 3. The molecule has 1 aromatic heterocycles. The molecule has 27 heavy (non-hydrogen) atoms. The van der Waals surface area contributed by atoms with Gasteiger partial charge in [0.05, 0.1) is 11.2 Å². The molecule has 3 aromatic rings. The minimum atomic E-state index is -0.393. The normalized spacial score (nSPS) is 18.9. The second-order valence-corrected chi connectivity index (χ2v) is 7.94. The zero-order valence-electron chi connectivity index (χ0n) is 15.9. The predicted molar refractivity (Wildman–Crippen MR) is 110 cm³/mol. The number of likely N-dealkylation sites (tertiary alicyclic amines) is 1. The molecular formula is C24H24N2O. The molecule has 0 unspecified atom stereocenters. The summed E-state index contributed by atoms with van der Waals surface area (Å²) in [4.78, 5) is 20.1. The number of aromatic nitrogens is 1. The Morgan fingerprint density at radius 2 is 1.74 bits per heavy atom. The lowest BCUT2D eigenvalue weighted by molar-refractivity contribution is -0.126. The summed E-state index contributed by atoms with van der Waals surface area (Å²) in [6.45, 7) is 6.34. The van der Waals surface area contributed by atoms with Crippen molar-refractivity contribution < 1.29 is 4.79 Å². The number of ketones is 1. The predicted octanol–water partition coefficient (Wildman–Crippen LogP) is 4.73. The summed E-state index contributed by atoms with van der Waals surface area (Å²) in [7, 11) is 0. The van der Waals surface area contributed by atoms with E-state index < -0.39 is 5.41 Å². The Labute approximate surface area is 160 Å². The molecule has 1 fully saturated rings.